The number of nitrogens with zero attached hydrogens (tertiary/aromatic N) is 2. The molecule has 1 rings (SSSR count). The van der Waals surface area contributed by atoms with E-state index in [0.29, 0.717) is 12.5 Å². The Morgan fingerprint density at radius 3 is 2.60 bits per heavy atom. The third-order valence-electron chi connectivity index (χ3n) is 1.27. The Labute approximate surface area is 65.5 Å². The van der Waals surface area contributed by atoms with E-state index in [9.17, 15) is 4.79 Å². The highest BCUT2D eigenvalue weighted by atomic mass is 35.5. The van der Waals surface area contributed by atoms with Gasteiger partial charge < -0.3 is 5.73 Å². The van der Waals surface area contributed by atoms with Gasteiger partial charge in [-0.15, -0.1) is 12.4 Å². The molecule has 0 aromatic carbocycles. The van der Waals surface area contributed by atoms with E-state index in [-0.39, 0.29) is 24.9 Å². The number of likely N-dealkylation sites (N-methyl/N-ethyl adjacent to an activating group) is 1. The summed E-state index contributed by atoms with van der Waals surface area (Å²) < 4.78 is 0. The Morgan fingerprint density at radius 2 is 2.40 bits per heavy atom. The molecule has 0 saturated heterocycles. The molecule has 0 bridgehead atoms. The predicted octanol–water partition coefficient (Wildman–Crippen LogP) is -0.415. The highest BCUT2D eigenvalue weighted by Crippen LogP contribution is 1.97. The van der Waals surface area contributed by atoms with Gasteiger partial charge in [0.15, 0.2) is 5.96 Å². The molecular formula is C5H10ClN3O. The Hall–Kier alpha value is -0.770. The minimum Gasteiger partial charge on any atom is -0.369 e. The molecule has 0 unspecified atom stereocenters. The van der Waals surface area contributed by atoms with Crippen LogP contribution in [-0.4, -0.2) is 29.9 Å². The van der Waals surface area contributed by atoms with Crippen LogP contribution in [0.25, 0.3) is 0 Å². The summed E-state index contributed by atoms with van der Waals surface area (Å²) >= 11 is 0. The van der Waals surface area contributed by atoms with Crippen molar-refractivity contribution in [1.29, 1.82) is 0 Å². The van der Waals surface area contributed by atoms with Crippen LogP contribution >= 0.6 is 12.4 Å². The van der Waals surface area contributed by atoms with E-state index in [1.807, 2.05) is 6.92 Å². The summed E-state index contributed by atoms with van der Waals surface area (Å²) in [5, 5.41) is 0. The van der Waals surface area contributed by atoms with E-state index in [1.54, 1.807) is 0 Å². The van der Waals surface area contributed by atoms with Gasteiger partial charge in [0.25, 0.3) is 5.91 Å². The second kappa shape index (κ2) is 3.41. The molecule has 0 aromatic rings. The topological polar surface area (TPSA) is 58.7 Å². The summed E-state index contributed by atoms with van der Waals surface area (Å²) in [5.41, 5.74) is 5.34. The van der Waals surface area contributed by atoms with Gasteiger partial charge in [-0.3, -0.25) is 9.69 Å². The first kappa shape index (κ1) is 9.23. The summed E-state index contributed by atoms with van der Waals surface area (Å²) in [5.74, 6) is 0.345. The van der Waals surface area contributed by atoms with E-state index < -0.39 is 0 Å². The highest BCUT2D eigenvalue weighted by Gasteiger charge is 2.20. The van der Waals surface area contributed by atoms with E-state index in [4.69, 9.17) is 5.73 Å². The van der Waals surface area contributed by atoms with E-state index in [1.165, 1.54) is 4.90 Å². The molecule has 2 N–H and O–H groups in total. The molecule has 1 amide bonds. The molecule has 1 aliphatic rings. The normalized spacial score (nSPS) is 16.7. The summed E-state index contributed by atoms with van der Waals surface area (Å²) in [6.07, 6.45) is 0. The fourth-order valence-electron chi connectivity index (χ4n) is 0.785. The SMILES string of the molecule is CCN1C(=O)CN=C1N.Cl. The molecule has 0 spiro atoms. The highest BCUT2D eigenvalue weighted by molar-refractivity contribution is 6.02. The third-order valence-corrected chi connectivity index (χ3v) is 1.27. The zero-order valence-electron chi connectivity index (χ0n) is 5.70. The number of hydrogen-bond acceptors (Lipinski definition) is 3. The van der Waals surface area contributed by atoms with Crippen molar-refractivity contribution >= 4 is 24.3 Å². The maximum Gasteiger partial charge on any atom is 0.251 e. The molecule has 58 valence electrons. The minimum absolute atomic E-state index is 0. The van der Waals surface area contributed by atoms with Crippen LogP contribution in [0.2, 0.25) is 0 Å². The molecular weight excluding hydrogens is 154 g/mol. The van der Waals surface area contributed by atoms with Crippen LogP contribution in [0.3, 0.4) is 0 Å². The first-order valence-electron chi connectivity index (χ1n) is 2.86. The summed E-state index contributed by atoms with van der Waals surface area (Å²) in [4.78, 5) is 15.9. The smallest absolute Gasteiger partial charge is 0.251 e. The van der Waals surface area contributed by atoms with Crippen LogP contribution in [0.15, 0.2) is 4.99 Å². The van der Waals surface area contributed by atoms with Gasteiger partial charge in [-0.1, -0.05) is 0 Å². The second-order valence-electron chi connectivity index (χ2n) is 1.81. The number of hydrogen-bond donors (Lipinski definition) is 1. The number of guanidine groups is 1. The third kappa shape index (κ3) is 1.39. The Balaban J connectivity index is 0.000000810. The number of carbonyl (C=O) groups excluding carboxylic acids is 1. The lowest BCUT2D eigenvalue weighted by Crippen LogP contribution is -2.37. The van der Waals surface area contributed by atoms with Crippen LogP contribution in [0, 0.1) is 0 Å². The van der Waals surface area contributed by atoms with Crippen LogP contribution in [-0.2, 0) is 4.79 Å². The molecule has 1 heterocycles. The van der Waals surface area contributed by atoms with Gasteiger partial charge in [0.1, 0.15) is 6.54 Å². The summed E-state index contributed by atoms with van der Waals surface area (Å²) in [6.45, 7) is 2.71. The molecule has 0 fully saturated rings. The maximum absolute atomic E-state index is 10.7. The Kier molecular flexibility index (Phi) is 3.15. The van der Waals surface area contributed by atoms with Crippen molar-refractivity contribution in [2.75, 3.05) is 13.1 Å². The molecule has 4 nitrogen and oxygen atoms in total. The zero-order chi connectivity index (χ0) is 6.85. The number of amides is 1. The number of nitrogens with two attached hydrogens (primary N) is 1. The fraction of sp³-hybridized carbons (Fsp3) is 0.600. The van der Waals surface area contributed by atoms with Gasteiger partial charge in [0, 0.05) is 6.54 Å². The number of aliphatic imine (C=N–C) groups is 1. The van der Waals surface area contributed by atoms with Crippen LogP contribution < -0.4 is 5.73 Å². The molecule has 0 atom stereocenters. The van der Waals surface area contributed by atoms with Gasteiger partial charge >= 0.3 is 0 Å². The zero-order valence-corrected chi connectivity index (χ0v) is 6.52. The van der Waals surface area contributed by atoms with Crippen molar-refractivity contribution in [3.63, 3.8) is 0 Å². The molecule has 0 aromatic heterocycles. The quantitative estimate of drug-likeness (QED) is 0.571. The van der Waals surface area contributed by atoms with Crippen LogP contribution in [0.1, 0.15) is 6.92 Å². The van der Waals surface area contributed by atoms with E-state index in [2.05, 4.69) is 4.99 Å². The van der Waals surface area contributed by atoms with Crippen LogP contribution in [0.4, 0.5) is 0 Å². The molecule has 0 aliphatic carbocycles. The van der Waals surface area contributed by atoms with Gasteiger partial charge in [-0.2, -0.15) is 0 Å². The molecule has 5 heteroatoms. The Morgan fingerprint density at radius 1 is 1.80 bits per heavy atom. The average Bonchev–Trinajstić information content (AvgIpc) is 2.12. The van der Waals surface area contributed by atoms with Crippen molar-refractivity contribution in [3.05, 3.63) is 0 Å². The number of rotatable bonds is 1. The largest absolute Gasteiger partial charge is 0.369 e. The second-order valence-corrected chi connectivity index (χ2v) is 1.81. The summed E-state index contributed by atoms with van der Waals surface area (Å²) in [7, 11) is 0. The van der Waals surface area contributed by atoms with Gasteiger partial charge in [-0.25, -0.2) is 4.99 Å². The van der Waals surface area contributed by atoms with E-state index in [0.717, 1.165) is 0 Å². The number of carbonyl (C=O) groups is 1. The lowest BCUT2D eigenvalue weighted by atomic mass is 10.5. The van der Waals surface area contributed by atoms with Crippen LogP contribution in [0.5, 0.6) is 0 Å². The van der Waals surface area contributed by atoms with Crippen molar-refractivity contribution in [2.24, 2.45) is 10.7 Å². The maximum atomic E-state index is 10.7. The molecule has 1 aliphatic heterocycles. The molecule has 0 radical (unpaired) electrons. The molecule has 0 saturated carbocycles. The van der Waals surface area contributed by atoms with Gasteiger partial charge in [-0.05, 0) is 6.92 Å². The van der Waals surface area contributed by atoms with Crippen molar-refractivity contribution < 1.29 is 4.79 Å². The van der Waals surface area contributed by atoms with Gasteiger partial charge in [0.05, 0.1) is 0 Å². The average molecular weight is 164 g/mol. The van der Waals surface area contributed by atoms with Crippen molar-refractivity contribution in [1.82, 2.24) is 4.90 Å². The van der Waals surface area contributed by atoms with Crippen molar-refractivity contribution in [2.45, 2.75) is 6.92 Å². The first-order chi connectivity index (χ1) is 4.25. The molecule has 10 heavy (non-hydrogen) atoms. The minimum atomic E-state index is -0.00463. The first-order valence-corrected chi connectivity index (χ1v) is 2.86. The predicted molar refractivity (Wildman–Crippen MR) is 41.1 cm³/mol. The Bertz CT molecular complexity index is 168. The standard InChI is InChI=1S/C5H9N3O.ClH/c1-2-8-4(9)3-7-5(8)6;/h2-3H2,1H3,(H2,6,7);1H. The van der Waals surface area contributed by atoms with E-state index >= 15 is 0 Å². The lowest BCUT2D eigenvalue weighted by Gasteiger charge is -2.10. The summed E-state index contributed by atoms with van der Waals surface area (Å²) in [6, 6.07) is 0. The fourth-order valence-corrected chi connectivity index (χ4v) is 0.785. The lowest BCUT2D eigenvalue weighted by molar-refractivity contribution is -0.124. The van der Waals surface area contributed by atoms with Gasteiger partial charge in [0.2, 0.25) is 0 Å². The number of halogens is 1. The van der Waals surface area contributed by atoms with Crippen molar-refractivity contribution in [3.8, 4) is 0 Å². The monoisotopic (exact) mass is 163 g/mol.